The number of fused-ring (bicyclic) bond motifs is 1. The van der Waals surface area contributed by atoms with E-state index in [1.54, 1.807) is 20.4 Å². The van der Waals surface area contributed by atoms with Crippen LogP contribution >= 0.6 is 15.9 Å². The number of methoxy groups -OCH3 is 2. The van der Waals surface area contributed by atoms with Gasteiger partial charge in [-0.25, -0.2) is 0 Å². The zero-order valence-electron chi connectivity index (χ0n) is 14.7. The van der Waals surface area contributed by atoms with Gasteiger partial charge in [0.25, 0.3) is 0 Å². The Morgan fingerprint density at radius 1 is 1.08 bits per heavy atom. The Morgan fingerprint density at radius 3 is 2.52 bits per heavy atom. The highest BCUT2D eigenvalue weighted by Crippen LogP contribution is 2.35. The minimum Gasteiger partial charge on any atom is -0.493 e. The highest BCUT2D eigenvalue weighted by atomic mass is 79.9. The minimum absolute atomic E-state index is 0.275. The molecule has 0 bridgehead atoms. The highest BCUT2D eigenvalue weighted by molar-refractivity contribution is 9.10. The van der Waals surface area contributed by atoms with E-state index in [1.165, 1.54) is 0 Å². The predicted molar refractivity (Wildman–Crippen MR) is 105 cm³/mol. The number of nitrogens with zero attached hydrogens (tertiary/aromatic N) is 1. The van der Waals surface area contributed by atoms with Crippen LogP contribution in [0.25, 0.3) is 6.08 Å². The van der Waals surface area contributed by atoms with E-state index in [1.807, 2.05) is 50.3 Å². The normalized spacial score (nSPS) is 14.9. The van der Waals surface area contributed by atoms with Crippen molar-refractivity contribution in [2.75, 3.05) is 14.2 Å². The Hall–Kier alpha value is -2.27. The Balaban J connectivity index is 1.88. The average molecular weight is 402 g/mol. The van der Waals surface area contributed by atoms with Crippen LogP contribution in [0.3, 0.4) is 0 Å². The van der Waals surface area contributed by atoms with Gasteiger partial charge in [0.05, 0.1) is 19.9 Å². The van der Waals surface area contributed by atoms with E-state index < -0.39 is 0 Å². The van der Waals surface area contributed by atoms with Crippen LogP contribution in [0.5, 0.6) is 17.2 Å². The number of hydrogen-bond acceptors (Lipinski definition) is 4. The summed E-state index contributed by atoms with van der Waals surface area (Å²) in [5.74, 6) is 2.21. The van der Waals surface area contributed by atoms with Gasteiger partial charge in [-0.2, -0.15) is 0 Å². The standard InChI is InChI=1S/C20H20BrNO3/c1-20(2)8-7-13-9-15(5-6-17(13)25-20)22-12-14-10-18(23-3)19(24-4)11-16(14)21/h5-12H,1-4H3. The molecule has 1 aliphatic rings. The van der Waals surface area contributed by atoms with E-state index in [4.69, 9.17) is 14.2 Å². The lowest BCUT2D eigenvalue weighted by Gasteiger charge is -2.27. The third kappa shape index (κ3) is 3.87. The van der Waals surface area contributed by atoms with Crippen molar-refractivity contribution in [2.24, 2.45) is 4.99 Å². The van der Waals surface area contributed by atoms with E-state index in [2.05, 4.69) is 27.0 Å². The first kappa shape index (κ1) is 17.5. The molecule has 1 aliphatic heterocycles. The second kappa shape index (κ2) is 6.92. The van der Waals surface area contributed by atoms with E-state index in [0.29, 0.717) is 11.5 Å². The summed E-state index contributed by atoms with van der Waals surface area (Å²) in [6.45, 7) is 4.07. The molecule has 0 aromatic heterocycles. The second-order valence-electron chi connectivity index (χ2n) is 6.25. The summed E-state index contributed by atoms with van der Waals surface area (Å²) < 4.78 is 17.5. The van der Waals surface area contributed by atoms with Crippen molar-refractivity contribution in [1.82, 2.24) is 0 Å². The Labute approximate surface area is 156 Å². The van der Waals surface area contributed by atoms with Crippen LogP contribution in [-0.2, 0) is 0 Å². The van der Waals surface area contributed by atoms with Crippen molar-refractivity contribution in [3.63, 3.8) is 0 Å². The van der Waals surface area contributed by atoms with Gasteiger partial charge in [-0.1, -0.05) is 6.08 Å². The Bertz CT molecular complexity index is 856. The van der Waals surface area contributed by atoms with Gasteiger partial charge >= 0.3 is 0 Å². The summed E-state index contributed by atoms with van der Waals surface area (Å²) in [5, 5.41) is 0. The van der Waals surface area contributed by atoms with Gasteiger partial charge in [0.2, 0.25) is 0 Å². The largest absolute Gasteiger partial charge is 0.493 e. The van der Waals surface area contributed by atoms with Crippen molar-refractivity contribution in [3.05, 3.63) is 52.0 Å². The van der Waals surface area contributed by atoms with Gasteiger partial charge in [0.15, 0.2) is 11.5 Å². The molecule has 1 heterocycles. The molecule has 0 radical (unpaired) electrons. The molecule has 0 fully saturated rings. The third-order valence-corrected chi connectivity index (χ3v) is 4.57. The minimum atomic E-state index is -0.275. The molecule has 0 amide bonds. The molecule has 0 unspecified atom stereocenters. The van der Waals surface area contributed by atoms with Crippen LogP contribution in [0.2, 0.25) is 0 Å². The fourth-order valence-electron chi connectivity index (χ4n) is 2.56. The van der Waals surface area contributed by atoms with Crippen molar-refractivity contribution in [1.29, 1.82) is 0 Å². The number of halogens is 1. The summed E-state index contributed by atoms with van der Waals surface area (Å²) in [6.07, 6.45) is 5.92. The highest BCUT2D eigenvalue weighted by Gasteiger charge is 2.21. The molecule has 0 aliphatic carbocycles. The SMILES string of the molecule is COc1cc(Br)c(C=Nc2ccc3c(c2)C=CC(C)(C)O3)cc1OC. The van der Waals surface area contributed by atoms with Gasteiger partial charge < -0.3 is 14.2 Å². The number of aliphatic imine (C=N–C) groups is 1. The summed E-state index contributed by atoms with van der Waals surface area (Å²) in [5.41, 5.74) is 2.51. The lowest BCUT2D eigenvalue weighted by Crippen LogP contribution is -2.27. The first-order valence-corrected chi connectivity index (χ1v) is 8.69. The van der Waals surface area contributed by atoms with E-state index in [0.717, 1.165) is 27.0 Å². The fourth-order valence-corrected chi connectivity index (χ4v) is 2.98. The molecule has 25 heavy (non-hydrogen) atoms. The van der Waals surface area contributed by atoms with E-state index in [-0.39, 0.29) is 5.60 Å². The maximum absolute atomic E-state index is 5.94. The quantitative estimate of drug-likeness (QED) is 0.643. The number of ether oxygens (including phenoxy) is 3. The molecule has 0 N–H and O–H groups in total. The van der Waals surface area contributed by atoms with E-state index >= 15 is 0 Å². The molecule has 0 spiro atoms. The molecule has 5 heteroatoms. The van der Waals surface area contributed by atoms with Gasteiger partial charge in [-0.05, 0) is 66.2 Å². The van der Waals surface area contributed by atoms with Crippen LogP contribution in [0, 0.1) is 0 Å². The van der Waals surface area contributed by atoms with Crippen molar-refractivity contribution in [2.45, 2.75) is 19.4 Å². The van der Waals surface area contributed by atoms with Crippen LogP contribution in [0.15, 0.2) is 45.9 Å². The Morgan fingerprint density at radius 2 is 1.80 bits per heavy atom. The smallest absolute Gasteiger partial charge is 0.161 e. The first-order valence-electron chi connectivity index (χ1n) is 7.90. The monoisotopic (exact) mass is 401 g/mol. The maximum Gasteiger partial charge on any atom is 0.161 e. The molecule has 2 aromatic rings. The zero-order valence-corrected chi connectivity index (χ0v) is 16.3. The predicted octanol–water partition coefficient (Wildman–Crippen LogP) is 5.40. The molecule has 2 aromatic carbocycles. The summed E-state index contributed by atoms with van der Waals surface area (Å²) in [4.78, 5) is 4.57. The number of benzene rings is 2. The van der Waals surface area contributed by atoms with Crippen molar-refractivity contribution < 1.29 is 14.2 Å². The van der Waals surface area contributed by atoms with E-state index in [9.17, 15) is 0 Å². The number of rotatable bonds is 4. The second-order valence-corrected chi connectivity index (χ2v) is 7.10. The van der Waals surface area contributed by atoms with Crippen molar-refractivity contribution in [3.8, 4) is 17.2 Å². The maximum atomic E-state index is 5.94. The molecule has 4 nitrogen and oxygen atoms in total. The molecular formula is C20H20BrNO3. The molecule has 130 valence electrons. The molecule has 3 rings (SSSR count). The zero-order chi connectivity index (χ0) is 18.0. The molecule has 0 saturated carbocycles. The summed E-state index contributed by atoms with van der Waals surface area (Å²) >= 11 is 3.54. The summed E-state index contributed by atoms with van der Waals surface area (Å²) in [7, 11) is 3.23. The van der Waals surface area contributed by atoms with Crippen LogP contribution < -0.4 is 14.2 Å². The fraction of sp³-hybridized carbons (Fsp3) is 0.250. The third-order valence-electron chi connectivity index (χ3n) is 3.89. The summed E-state index contributed by atoms with van der Waals surface area (Å²) in [6, 6.07) is 9.66. The molecule has 0 saturated heterocycles. The molecular weight excluding hydrogens is 382 g/mol. The van der Waals surface area contributed by atoms with Gasteiger partial charge in [0, 0.05) is 21.8 Å². The van der Waals surface area contributed by atoms with Crippen molar-refractivity contribution >= 4 is 33.9 Å². The lowest BCUT2D eigenvalue weighted by molar-refractivity contribution is 0.159. The first-order chi connectivity index (χ1) is 11.9. The van der Waals surface area contributed by atoms with Gasteiger partial charge in [0.1, 0.15) is 11.4 Å². The Kier molecular flexibility index (Phi) is 4.86. The molecule has 0 atom stereocenters. The topological polar surface area (TPSA) is 40.0 Å². The van der Waals surface area contributed by atoms with Crippen LogP contribution in [0.1, 0.15) is 25.0 Å². The number of hydrogen-bond donors (Lipinski definition) is 0. The van der Waals surface area contributed by atoms with Gasteiger partial charge in [-0.15, -0.1) is 0 Å². The average Bonchev–Trinajstić information content (AvgIpc) is 2.59. The van der Waals surface area contributed by atoms with Gasteiger partial charge in [-0.3, -0.25) is 4.99 Å². The lowest BCUT2D eigenvalue weighted by atomic mass is 10.0. The van der Waals surface area contributed by atoms with Crippen LogP contribution in [-0.4, -0.2) is 26.0 Å². The van der Waals surface area contributed by atoms with Crippen LogP contribution in [0.4, 0.5) is 5.69 Å².